The first-order chi connectivity index (χ1) is 16.6. The van der Waals surface area contributed by atoms with Gasteiger partial charge in [0.15, 0.2) is 0 Å². The molecule has 0 radical (unpaired) electrons. The van der Waals surface area contributed by atoms with Gasteiger partial charge in [0.05, 0.1) is 28.9 Å². The van der Waals surface area contributed by atoms with Gasteiger partial charge in [-0.25, -0.2) is 5.01 Å². The number of carbonyl (C=O) groups is 3. The van der Waals surface area contributed by atoms with Crippen molar-refractivity contribution in [2.45, 2.75) is 22.6 Å². The molecule has 3 amide bonds. The molecule has 2 aromatic carbocycles. The van der Waals surface area contributed by atoms with E-state index >= 15 is 0 Å². The third-order valence-corrected chi connectivity index (χ3v) is 10.8. The number of hydrogen-bond donors (Lipinski definition) is 0. The summed E-state index contributed by atoms with van der Waals surface area (Å²) >= 11 is 19.2. The summed E-state index contributed by atoms with van der Waals surface area (Å²) in [6.45, 7) is -0.364. The molecule has 0 spiro atoms. The lowest BCUT2D eigenvalue weighted by Gasteiger charge is -2.31. The highest BCUT2D eigenvalue weighted by atomic mass is 79.9. The molecule has 1 heterocycles. The molecule has 35 heavy (non-hydrogen) atoms. The molecule has 8 nitrogen and oxygen atoms in total. The Labute approximate surface area is 226 Å². The fourth-order valence-electron chi connectivity index (χ4n) is 5.55. The van der Waals surface area contributed by atoms with Gasteiger partial charge in [-0.2, -0.15) is 5.01 Å². The molecule has 0 N–H and O–H groups in total. The fourth-order valence-corrected chi connectivity index (χ4v) is 7.71. The van der Waals surface area contributed by atoms with Crippen LogP contribution in [0.4, 0.5) is 5.69 Å². The SMILES string of the molecule is O=C(c1ccc(Cl)cc1)N(Cc1ccc(Cl)cc1[N+](=O)[O-])N1C(=O)[C@@H]2[C@H]3C[C@@H]([C@H](Br)[C@H]3Br)[C@H]2C1=O. The maximum absolute atomic E-state index is 13.6. The van der Waals surface area contributed by atoms with Gasteiger partial charge in [0, 0.05) is 31.3 Å². The van der Waals surface area contributed by atoms with Gasteiger partial charge in [-0.15, -0.1) is 0 Å². The third kappa shape index (κ3) is 3.98. The number of benzene rings is 2. The van der Waals surface area contributed by atoms with Crippen molar-refractivity contribution < 1.29 is 19.3 Å². The van der Waals surface area contributed by atoms with Crippen LogP contribution in [0.2, 0.25) is 10.0 Å². The lowest BCUT2D eigenvalue weighted by molar-refractivity contribution is -0.385. The highest BCUT2D eigenvalue weighted by molar-refractivity contribution is 9.12. The van der Waals surface area contributed by atoms with Crippen molar-refractivity contribution >= 4 is 78.5 Å². The first kappa shape index (κ1) is 24.7. The Morgan fingerprint density at radius 1 is 1.00 bits per heavy atom. The van der Waals surface area contributed by atoms with Gasteiger partial charge in [0.25, 0.3) is 23.4 Å². The summed E-state index contributed by atoms with van der Waals surface area (Å²) in [5, 5.41) is 14.1. The predicted octanol–water partition coefficient (Wildman–Crippen LogP) is 5.24. The Balaban J connectivity index is 1.57. The zero-order valence-corrected chi connectivity index (χ0v) is 22.5. The second-order valence-corrected chi connectivity index (χ2v) is 11.9. The second kappa shape index (κ2) is 9.14. The van der Waals surface area contributed by atoms with E-state index in [4.69, 9.17) is 23.2 Å². The second-order valence-electron chi connectivity index (χ2n) is 8.89. The van der Waals surface area contributed by atoms with E-state index in [-0.39, 0.29) is 49.9 Å². The van der Waals surface area contributed by atoms with Crippen LogP contribution in [0.5, 0.6) is 0 Å². The molecule has 5 rings (SSSR count). The number of nitro groups is 1. The number of nitro benzene ring substituents is 1. The normalized spacial score (nSPS) is 29.0. The summed E-state index contributed by atoms with van der Waals surface area (Å²) < 4.78 is 0. The Morgan fingerprint density at radius 2 is 1.54 bits per heavy atom. The smallest absolute Gasteiger partial charge is 0.272 e. The van der Waals surface area contributed by atoms with Gasteiger partial charge in [-0.05, 0) is 54.7 Å². The van der Waals surface area contributed by atoms with E-state index in [2.05, 4.69) is 31.9 Å². The zero-order valence-electron chi connectivity index (χ0n) is 17.8. The van der Waals surface area contributed by atoms with Crippen molar-refractivity contribution in [2.24, 2.45) is 23.7 Å². The van der Waals surface area contributed by atoms with Crippen molar-refractivity contribution in [3.8, 4) is 0 Å². The number of alkyl halides is 2. The monoisotopic (exact) mass is 643 g/mol. The van der Waals surface area contributed by atoms with Gasteiger partial charge < -0.3 is 0 Å². The maximum Gasteiger partial charge on any atom is 0.275 e. The van der Waals surface area contributed by atoms with Crippen LogP contribution in [0.3, 0.4) is 0 Å². The summed E-state index contributed by atoms with van der Waals surface area (Å²) in [7, 11) is 0. The molecule has 1 saturated heterocycles. The molecule has 0 unspecified atom stereocenters. The fraction of sp³-hybridized carbons (Fsp3) is 0.348. The maximum atomic E-state index is 13.6. The Bertz CT molecular complexity index is 1230. The van der Waals surface area contributed by atoms with Crippen LogP contribution >= 0.6 is 55.1 Å². The summed E-state index contributed by atoms with van der Waals surface area (Å²) in [6.07, 6.45) is 0.736. The summed E-state index contributed by atoms with van der Waals surface area (Å²) in [5.74, 6) is -2.77. The molecule has 2 saturated carbocycles. The Hall–Kier alpha value is -2.01. The molecule has 12 heteroatoms. The van der Waals surface area contributed by atoms with Gasteiger partial charge in [0.2, 0.25) is 0 Å². The average Bonchev–Trinajstić information content (AvgIpc) is 3.43. The lowest BCUT2D eigenvalue weighted by atomic mass is 9.81. The van der Waals surface area contributed by atoms with Crippen molar-refractivity contribution in [3.63, 3.8) is 0 Å². The van der Waals surface area contributed by atoms with Crippen molar-refractivity contribution in [1.82, 2.24) is 10.0 Å². The van der Waals surface area contributed by atoms with E-state index in [9.17, 15) is 24.5 Å². The average molecular weight is 646 g/mol. The van der Waals surface area contributed by atoms with Crippen LogP contribution in [0.15, 0.2) is 42.5 Å². The van der Waals surface area contributed by atoms with E-state index in [0.29, 0.717) is 5.02 Å². The highest BCUT2D eigenvalue weighted by Crippen LogP contribution is 2.60. The predicted molar refractivity (Wildman–Crippen MR) is 135 cm³/mol. The van der Waals surface area contributed by atoms with E-state index < -0.39 is 34.5 Å². The molecule has 2 aromatic rings. The third-order valence-electron chi connectivity index (χ3n) is 7.10. The van der Waals surface area contributed by atoms with Crippen LogP contribution in [0.1, 0.15) is 22.3 Å². The molecule has 6 atom stereocenters. The molecular formula is C23H17Br2Cl2N3O5. The number of hydrazine groups is 1. The van der Waals surface area contributed by atoms with Gasteiger partial charge >= 0.3 is 0 Å². The minimum absolute atomic E-state index is 0.0308. The Kier molecular flexibility index (Phi) is 6.44. The molecule has 3 fully saturated rings. The molecule has 182 valence electrons. The number of carbonyl (C=O) groups excluding carboxylic acids is 3. The minimum atomic E-state index is -0.647. The number of imide groups is 1. The van der Waals surface area contributed by atoms with E-state index in [0.717, 1.165) is 16.4 Å². The Morgan fingerprint density at radius 3 is 2.09 bits per heavy atom. The van der Waals surface area contributed by atoms with Crippen LogP contribution in [-0.4, -0.2) is 42.3 Å². The number of nitrogens with zero attached hydrogens (tertiary/aromatic N) is 3. The van der Waals surface area contributed by atoms with Gasteiger partial charge in [-0.3, -0.25) is 24.5 Å². The number of hydrogen-bond acceptors (Lipinski definition) is 5. The lowest BCUT2D eigenvalue weighted by Crippen LogP contribution is -2.50. The van der Waals surface area contributed by atoms with Crippen LogP contribution in [-0.2, 0) is 16.1 Å². The van der Waals surface area contributed by atoms with Crippen LogP contribution in [0.25, 0.3) is 0 Å². The number of halogens is 4. The topological polar surface area (TPSA) is 101 Å². The summed E-state index contributed by atoms with van der Waals surface area (Å²) in [6, 6.07) is 10.0. The van der Waals surface area contributed by atoms with Crippen LogP contribution < -0.4 is 0 Å². The van der Waals surface area contributed by atoms with Gasteiger partial charge in [0.1, 0.15) is 0 Å². The molecule has 2 bridgehead atoms. The molecule has 3 aliphatic rings. The number of rotatable bonds is 5. The van der Waals surface area contributed by atoms with E-state index in [1.165, 1.54) is 42.5 Å². The standard InChI is InChI=1S/C23H17Br2Cl2N3O5/c24-19-14-8-15(20(19)25)18-17(14)22(32)29(23(18)33)28(21(31)10-1-4-12(26)5-2-10)9-11-3-6-13(27)7-16(11)30(34)35/h1-7,14-15,17-20H,8-9H2/t14-,15-,17-,18-,19+,20+/m1/s1. The van der Waals surface area contributed by atoms with Crippen LogP contribution in [0, 0.1) is 33.8 Å². The first-order valence-corrected chi connectivity index (χ1v) is 13.3. The molecule has 0 aromatic heterocycles. The molecule has 2 aliphatic carbocycles. The van der Waals surface area contributed by atoms with Crippen molar-refractivity contribution in [1.29, 1.82) is 0 Å². The zero-order chi connectivity index (χ0) is 25.2. The van der Waals surface area contributed by atoms with Gasteiger partial charge in [-0.1, -0.05) is 55.1 Å². The van der Waals surface area contributed by atoms with Crippen molar-refractivity contribution in [3.05, 3.63) is 73.8 Å². The summed E-state index contributed by atoms with van der Waals surface area (Å²) in [5.41, 5.74) is 0.00859. The minimum Gasteiger partial charge on any atom is -0.272 e. The molecular weight excluding hydrogens is 629 g/mol. The van der Waals surface area contributed by atoms with Crippen molar-refractivity contribution in [2.75, 3.05) is 0 Å². The van der Waals surface area contributed by atoms with E-state index in [1.54, 1.807) is 0 Å². The summed E-state index contributed by atoms with van der Waals surface area (Å²) in [4.78, 5) is 52.0. The first-order valence-electron chi connectivity index (χ1n) is 10.8. The number of fused-ring (bicyclic) bond motifs is 5. The number of amides is 3. The van der Waals surface area contributed by atoms with E-state index in [1.807, 2.05) is 0 Å². The molecule has 1 aliphatic heterocycles. The largest absolute Gasteiger partial charge is 0.275 e. The highest BCUT2D eigenvalue weighted by Gasteiger charge is 2.67. The quantitative estimate of drug-likeness (QED) is 0.192.